The van der Waals surface area contributed by atoms with Gasteiger partial charge >= 0.3 is 16.4 Å². The van der Waals surface area contributed by atoms with Crippen molar-refractivity contribution in [3.63, 3.8) is 0 Å². The van der Waals surface area contributed by atoms with E-state index in [2.05, 4.69) is 0 Å². The lowest BCUT2D eigenvalue weighted by atomic mass is 9.80. The van der Waals surface area contributed by atoms with E-state index in [1.165, 1.54) is 0 Å². The molecule has 10 heteroatoms. The normalized spacial score (nSPS) is 40.0. The standard InChI is InChI=1S/C10H16N2O7S/c1-8(2,3)19-10-6-12(20(15,16)17)9(10,18-6)4-5-11(10)7(13)14/h6H,4-5H2,1-3H3,(H,13,14)(H,15,16,17)/t6?,9-,10+/m1/s1. The average molecular weight is 308 g/mol. The van der Waals surface area contributed by atoms with E-state index in [-0.39, 0.29) is 13.0 Å². The van der Waals surface area contributed by atoms with Gasteiger partial charge in [0.25, 0.3) is 0 Å². The van der Waals surface area contributed by atoms with Crippen molar-refractivity contribution in [1.82, 2.24) is 9.21 Å². The third-order valence-electron chi connectivity index (χ3n) is 3.79. The Morgan fingerprint density at radius 1 is 1.45 bits per heavy atom. The number of nitrogens with zero attached hydrogens (tertiary/aromatic N) is 2. The molecule has 9 nitrogen and oxygen atoms in total. The fraction of sp³-hybridized carbons (Fsp3) is 0.900. The van der Waals surface area contributed by atoms with Crippen LogP contribution in [-0.4, -0.2) is 63.2 Å². The molecule has 4 fully saturated rings. The molecule has 0 radical (unpaired) electrons. The first kappa shape index (κ1) is 14.0. The quantitative estimate of drug-likeness (QED) is 0.692. The van der Waals surface area contributed by atoms with E-state index in [0.717, 1.165) is 9.21 Å². The minimum atomic E-state index is -4.46. The highest BCUT2D eigenvalue weighted by atomic mass is 32.2. The molecule has 114 valence electrons. The lowest BCUT2D eigenvalue weighted by Crippen LogP contribution is -3.00. The summed E-state index contributed by atoms with van der Waals surface area (Å²) in [5, 5.41) is 9.28. The fourth-order valence-corrected chi connectivity index (χ4v) is 4.36. The maximum absolute atomic E-state index is 11.4. The Hall–Kier alpha value is -0.940. The predicted octanol–water partition coefficient (Wildman–Crippen LogP) is 0.0525. The fourth-order valence-electron chi connectivity index (χ4n) is 3.29. The summed E-state index contributed by atoms with van der Waals surface area (Å²) in [5.74, 6) is 0. The molecule has 1 unspecified atom stereocenters. The summed E-state index contributed by atoms with van der Waals surface area (Å²) in [7, 11) is -4.46. The van der Waals surface area contributed by atoms with Gasteiger partial charge in [-0.2, -0.15) is 8.42 Å². The van der Waals surface area contributed by atoms with Gasteiger partial charge in [0, 0.05) is 13.0 Å². The first-order valence-corrected chi connectivity index (χ1v) is 7.51. The molecule has 0 aromatic carbocycles. The van der Waals surface area contributed by atoms with Gasteiger partial charge in [0.05, 0.1) is 5.60 Å². The van der Waals surface area contributed by atoms with Crippen molar-refractivity contribution in [3.05, 3.63) is 0 Å². The van der Waals surface area contributed by atoms with Crippen molar-refractivity contribution in [1.29, 1.82) is 0 Å². The lowest BCUT2D eigenvalue weighted by Gasteiger charge is -2.75. The highest BCUT2D eigenvalue weighted by Crippen LogP contribution is 2.69. The minimum Gasteiger partial charge on any atom is -0.465 e. The van der Waals surface area contributed by atoms with Crippen molar-refractivity contribution in [3.8, 4) is 0 Å². The molecule has 3 atom stereocenters. The largest absolute Gasteiger partial charge is 0.465 e. The second kappa shape index (κ2) is 3.45. The molecule has 2 N–H and O–H groups in total. The smallest absolute Gasteiger partial charge is 0.409 e. The van der Waals surface area contributed by atoms with Gasteiger partial charge in [-0.3, -0.25) is 9.45 Å². The van der Waals surface area contributed by atoms with Gasteiger partial charge in [-0.1, -0.05) is 0 Å². The summed E-state index contributed by atoms with van der Waals surface area (Å²) in [5.41, 5.74) is -3.53. The molecule has 4 heterocycles. The Labute approximate surface area is 115 Å². The molecule has 1 amide bonds. The first-order valence-electron chi connectivity index (χ1n) is 6.11. The van der Waals surface area contributed by atoms with E-state index in [9.17, 15) is 22.9 Å². The molecule has 4 saturated heterocycles. The van der Waals surface area contributed by atoms with Crippen LogP contribution in [-0.2, 0) is 19.8 Å². The van der Waals surface area contributed by atoms with Crippen molar-refractivity contribution >= 4 is 16.4 Å². The van der Waals surface area contributed by atoms with E-state index in [0.29, 0.717) is 0 Å². The Kier molecular flexibility index (Phi) is 2.41. The number of amides is 1. The number of hydrogen-bond acceptors (Lipinski definition) is 5. The molecular formula is C10H16N2O7S. The van der Waals surface area contributed by atoms with E-state index in [1.54, 1.807) is 20.8 Å². The summed E-state index contributed by atoms with van der Waals surface area (Å²) < 4.78 is 43.9. The van der Waals surface area contributed by atoms with Gasteiger partial charge in [0.1, 0.15) is 0 Å². The van der Waals surface area contributed by atoms with Gasteiger partial charge < -0.3 is 14.6 Å². The van der Waals surface area contributed by atoms with Crippen molar-refractivity contribution in [2.45, 2.75) is 50.5 Å². The number of carbonyl (C=O) groups is 1. The highest BCUT2D eigenvalue weighted by molar-refractivity contribution is 7.83. The Morgan fingerprint density at radius 2 is 2.05 bits per heavy atom. The van der Waals surface area contributed by atoms with Crippen LogP contribution >= 0.6 is 0 Å². The van der Waals surface area contributed by atoms with Gasteiger partial charge in [-0.15, -0.1) is 4.31 Å². The molecule has 2 bridgehead atoms. The zero-order chi connectivity index (χ0) is 15.1. The van der Waals surface area contributed by atoms with Crippen LogP contribution in [0.25, 0.3) is 0 Å². The molecule has 0 aliphatic carbocycles. The first-order chi connectivity index (χ1) is 8.96. The molecular weight excluding hydrogens is 292 g/mol. The molecule has 20 heavy (non-hydrogen) atoms. The maximum Gasteiger partial charge on any atom is 0.409 e. The zero-order valence-electron chi connectivity index (χ0n) is 11.2. The van der Waals surface area contributed by atoms with Crippen LogP contribution < -0.4 is 0 Å². The van der Waals surface area contributed by atoms with E-state index in [1.807, 2.05) is 0 Å². The van der Waals surface area contributed by atoms with Crippen LogP contribution in [0.2, 0.25) is 0 Å². The average Bonchev–Trinajstić information content (AvgIpc) is 2.31. The van der Waals surface area contributed by atoms with Crippen molar-refractivity contribution in [2.75, 3.05) is 6.54 Å². The number of ether oxygens (including phenoxy) is 2. The second-order valence-electron chi connectivity index (χ2n) is 6.12. The molecule has 0 aromatic rings. The molecule has 4 aliphatic heterocycles. The van der Waals surface area contributed by atoms with Crippen LogP contribution in [0, 0.1) is 0 Å². The Morgan fingerprint density at radius 3 is 2.45 bits per heavy atom. The van der Waals surface area contributed by atoms with Crippen LogP contribution in [0.3, 0.4) is 0 Å². The highest BCUT2D eigenvalue weighted by Gasteiger charge is 2.94. The number of carboxylic acid groups (broad SMARTS) is 1. The lowest BCUT2D eigenvalue weighted by molar-refractivity contribution is -0.555. The number of rotatable bonds is 2. The van der Waals surface area contributed by atoms with E-state index in [4.69, 9.17) is 9.47 Å². The monoisotopic (exact) mass is 308 g/mol. The van der Waals surface area contributed by atoms with E-state index >= 15 is 0 Å². The van der Waals surface area contributed by atoms with Gasteiger partial charge in [0.2, 0.25) is 5.72 Å². The number of hydrogen-bond donors (Lipinski definition) is 2. The summed E-state index contributed by atoms with van der Waals surface area (Å²) >= 11 is 0. The second-order valence-corrected chi connectivity index (χ2v) is 7.41. The summed E-state index contributed by atoms with van der Waals surface area (Å²) in [6, 6.07) is 0. The Bertz CT molecular complexity index is 585. The predicted molar refractivity (Wildman–Crippen MR) is 63.9 cm³/mol. The summed E-state index contributed by atoms with van der Waals surface area (Å²) in [4.78, 5) is 12.4. The van der Waals surface area contributed by atoms with Gasteiger partial charge in [-0.05, 0) is 20.8 Å². The van der Waals surface area contributed by atoms with Crippen LogP contribution in [0.5, 0.6) is 0 Å². The number of likely N-dealkylation sites (tertiary alicyclic amines) is 1. The van der Waals surface area contributed by atoms with Crippen molar-refractivity contribution in [2.24, 2.45) is 0 Å². The molecule has 0 saturated carbocycles. The van der Waals surface area contributed by atoms with Crippen molar-refractivity contribution < 1.29 is 32.3 Å². The van der Waals surface area contributed by atoms with Gasteiger partial charge in [-0.25, -0.2) is 4.79 Å². The van der Waals surface area contributed by atoms with Gasteiger partial charge in [0.15, 0.2) is 12.0 Å². The molecule has 4 aliphatic rings. The topological polar surface area (TPSA) is 117 Å². The zero-order valence-corrected chi connectivity index (χ0v) is 12.0. The Balaban J connectivity index is 2.02. The maximum atomic E-state index is 11.4. The third kappa shape index (κ3) is 1.35. The molecule has 1 spiro atoms. The summed E-state index contributed by atoms with van der Waals surface area (Å²) in [6.45, 7) is 5.30. The van der Waals surface area contributed by atoms with Crippen LogP contribution in [0.15, 0.2) is 0 Å². The molecule has 0 aromatic heterocycles. The third-order valence-corrected chi connectivity index (χ3v) is 4.77. The van der Waals surface area contributed by atoms with E-state index < -0.39 is 39.7 Å². The van der Waals surface area contributed by atoms with Crippen LogP contribution in [0.1, 0.15) is 27.2 Å². The van der Waals surface area contributed by atoms with Crippen LogP contribution in [0.4, 0.5) is 4.79 Å². The SMILES string of the molecule is CC(C)(C)O[C@@]12C3O[C@@]1(CCN2C(=O)O)N3S(=O)(=O)O. The summed E-state index contributed by atoms with van der Waals surface area (Å²) in [6.07, 6.45) is -2.24. The minimum absolute atomic E-state index is 0.0773. The molecule has 4 rings (SSSR count).